The summed E-state index contributed by atoms with van der Waals surface area (Å²) in [6.07, 6.45) is 0.716. The molecule has 0 aliphatic rings. The summed E-state index contributed by atoms with van der Waals surface area (Å²) in [5.74, 6) is -1.03. The topological polar surface area (TPSA) is 81.4 Å². The minimum atomic E-state index is -0.461. The highest BCUT2D eigenvalue weighted by Crippen LogP contribution is 2.02. The third kappa shape index (κ3) is 5.65. The summed E-state index contributed by atoms with van der Waals surface area (Å²) in [6, 6.07) is 0. The third-order valence-corrected chi connectivity index (χ3v) is 2.29. The zero-order valence-electron chi connectivity index (χ0n) is 9.62. The van der Waals surface area contributed by atoms with E-state index in [0.717, 1.165) is 0 Å². The van der Waals surface area contributed by atoms with Crippen LogP contribution in [0, 0.1) is 5.92 Å². The van der Waals surface area contributed by atoms with Crippen molar-refractivity contribution in [3.8, 4) is 0 Å². The lowest BCUT2D eigenvalue weighted by Crippen LogP contribution is -2.38. The van der Waals surface area contributed by atoms with Crippen LogP contribution >= 0.6 is 12.2 Å². The van der Waals surface area contributed by atoms with E-state index in [9.17, 15) is 9.59 Å². The fourth-order valence-electron chi connectivity index (χ4n) is 1.16. The van der Waals surface area contributed by atoms with Crippen molar-refractivity contribution in [2.45, 2.75) is 26.7 Å². The Morgan fingerprint density at radius 3 is 2.50 bits per heavy atom. The summed E-state index contributed by atoms with van der Waals surface area (Å²) in [5, 5.41) is 2.60. The first-order chi connectivity index (χ1) is 7.52. The van der Waals surface area contributed by atoms with Crippen molar-refractivity contribution in [2.75, 3.05) is 13.2 Å². The average Bonchev–Trinajstić information content (AvgIpc) is 2.18. The van der Waals surface area contributed by atoms with Crippen LogP contribution in [0.25, 0.3) is 0 Å². The Morgan fingerprint density at radius 1 is 1.44 bits per heavy atom. The van der Waals surface area contributed by atoms with E-state index >= 15 is 0 Å². The zero-order chi connectivity index (χ0) is 12.6. The van der Waals surface area contributed by atoms with Gasteiger partial charge >= 0.3 is 5.97 Å². The molecule has 3 N–H and O–H groups in total. The van der Waals surface area contributed by atoms with Crippen LogP contribution in [0.5, 0.6) is 0 Å². The predicted octanol–water partition coefficient (Wildman–Crippen LogP) is 0.368. The highest BCUT2D eigenvalue weighted by Gasteiger charge is 2.18. The van der Waals surface area contributed by atoms with E-state index in [4.69, 9.17) is 22.7 Å². The number of rotatable bonds is 7. The van der Waals surface area contributed by atoms with Gasteiger partial charge in [-0.3, -0.25) is 9.59 Å². The quantitative estimate of drug-likeness (QED) is 0.501. The fraction of sp³-hybridized carbons (Fsp3) is 0.700. The van der Waals surface area contributed by atoms with E-state index in [2.05, 4.69) is 5.32 Å². The number of ether oxygens (including phenoxy) is 1. The number of thiocarbonyl (C=S) groups is 1. The molecule has 0 aromatic rings. The molecule has 0 aliphatic heterocycles. The van der Waals surface area contributed by atoms with Gasteiger partial charge in [0.05, 0.1) is 23.9 Å². The number of amides is 1. The Kier molecular flexibility index (Phi) is 7.45. The van der Waals surface area contributed by atoms with Crippen LogP contribution in [-0.2, 0) is 14.3 Å². The van der Waals surface area contributed by atoms with Crippen LogP contribution in [-0.4, -0.2) is 30.0 Å². The molecule has 0 aromatic heterocycles. The highest BCUT2D eigenvalue weighted by molar-refractivity contribution is 7.80. The molecule has 1 unspecified atom stereocenters. The number of nitrogens with two attached hydrogens (primary N) is 1. The lowest BCUT2D eigenvalue weighted by Gasteiger charge is -2.12. The number of nitrogens with one attached hydrogen (secondary N) is 1. The molecule has 6 heteroatoms. The third-order valence-electron chi connectivity index (χ3n) is 2.00. The molecule has 0 spiro atoms. The summed E-state index contributed by atoms with van der Waals surface area (Å²) in [6.45, 7) is 4.15. The van der Waals surface area contributed by atoms with E-state index in [1.54, 1.807) is 6.92 Å². The van der Waals surface area contributed by atoms with Crippen molar-refractivity contribution in [1.82, 2.24) is 5.32 Å². The predicted molar refractivity (Wildman–Crippen MR) is 64.8 cm³/mol. The number of esters is 1. The first kappa shape index (κ1) is 14.8. The van der Waals surface area contributed by atoms with Gasteiger partial charge in [-0.05, 0) is 13.3 Å². The largest absolute Gasteiger partial charge is 0.466 e. The van der Waals surface area contributed by atoms with Gasteiger partial charge in [0, 0.05) is 6.54 Å². The molecule has 0 saturated heterocycles. The smallest absolute Gasteiger partial charge is 0.307 e. The van der Waals surface area contributed by atoms with Crippen LogP contribution in [0.2, 0.25) is 0 Å². The van der Waals surface area contributed by atoms with Gasteiger partial charge in [0.25, 0.3) is 0 Å². The van der Waals surface area contributed by atoms with E-state index in [-0.39, 0.29) is 29.8 Å². The van der Waals surface area contributed by atoms with E-state index < -0.39 is 5.92 Å². The molecule has 1 atom stereocenters. The molecule has 0 heterocycles. The van der Waals surface area contributed by atoms with Gasteiger partial charge in [0.1, 0.15) is 0 Å². The fourth-order valence-corrected chi connectivity index (χ4v) is 1.43. The Labute approximate surface area is 101 Å². The first-order valence-corrected chi connectivity index (χ1v) is 5.66. The van der Waals surface area contributed by atoms with Crippen molar-refractivity contribution in [3.05, 3.63) is 0 Å². The summed E-state index contributed by atoms with van der Waals surface area (Å²) < 4.78 is 4.72. The van der Waals surface area contributed by atoms with Crippen molar-refractivity contribution in [1.29, 1.82) is 0 Å². The average molecular weight is 246 g/mol. The second-order valence-electron chi connectivity index (χ2n) is 3.21. The number of hydrogen-bond acceptors (Lipinski definition) is 4. The molecule has 0 radical (unpaired) electrons. The van der Waals surface area contributed by atoms with E-state index in [1.807, 2.05) is 6.92 Å². The summed E-state index contributed by atoms with van der Waals surface area (Å²) in [5.41, 5.74) is 5.41. The van der Waals surface area contributed by atoms with E-state index in [1.165, 1.54) is 0 Å². The van der Waals surface area contributed by atoms with Gasteiger partial charge in [-0.1, -0.05) is 19.1 Å². The standard InChI is InChI=1S/C10H18N2O3S/c1-3-7(9(11)16)10(14)12-6-5-8(13)15-4-2/h7H,3-6H2,1-2H3,(H2,11,16)(H,12,14). The molecule has 5 nitrogen and oxygen atoms in total. The summed E-state index contributed by atoms with van der Waals surface area (Å²) in [4.78, 5) is 22.7. The van der Waals surface area contributed by atoms with Crippen molar-refractivity contribution in [3.63, 3.8) is 0 Å². The maximum atomic E-state index is 11.5. The van der Waals surface area contributed by atoms with Gasteiger partial charge in [-0.25, -0.2) is 0 Å². The van der Waals surface area contributed by atoms with Crippen molar-refractivity contribution in [2.24, 2.45) is 11.7 Å². The minimum Gasteiger partial charge on any atom is -0.466 e. The van der Waals surface area contributed by atoms with Crippen LogP contribution in [0.3, 0.4) is 0 Å². The molecule has 0 bridgehead atoms. The maximum Gasteiger partial charge on any atom is 0.307 e. The molecule has 0 aliphatic carbocycles. The second kappa shape index (κ2) is 8.04. The normalized spacial score (nSPS) is 11.6. The Morgan fingerprint density at radius 2 is 2.06 bits per heavy atom. The lowest BCUT2D eigenvalue weighted by molar-refractivity contribution is -0.143. The van der Waals surface area contributed by atoms with Crippen molar-refractivity contribution >= 4 is 29.1 Å². The van der Waals surface area contributed by atoms with Crippen LogP contribution < -0.4 is 11.1 Å². The molecular weight excluding hydrogens is 228 g/mol. The monoisotopic (exact) mass is 246 g/mol. The Balaban J connectivity index is 3.88. The van der Waals surface area contributed by atoms with Crippen LogP contribution in [0.15, 0.2) is 0 Å². The molecule has 1 amide bonds. The SMILES string of the molecule is CCOC(=O)CCNC(=O)C(CC)C(N)=S. The van der Waals surface area contributed by atoms with Crippen LogP contribution in [0.1, 0.15) is 26.7 Å². The van der Waals surface area contributed by atoms with Crippen LogP contribution in [0.4, 0.5) is 0 Å². The van der Waals surface area contributed by atoms with Gasteiger partial charge in [0.2, 0.25) is 5.91 Å². The van der Waals surface area contributed by atoms with Crippen molar-refractivity contribution < 1.29 is 14.3 Å². The minimum absolute atomic E-state index is 0.160. The zero-order valence-corrected chi connectivity index (χ0v) is 10.4. The molecule has 0 saturated carbocycles. The molecule has 0 aromatic carbocycles. The van der Waals surface area contributed by atoms with Gasteiger partial charge in [-0.2, -0.15) is 0 Å². The van der Waals surface area contributed by atoms with Gasteiger partial charge in [-0.15, -0.1) is 0 Å². The summed E-state index contributed by atoms with van der Waals surface area (Å²) in [7, 11) is 0. The van der Waals surface area contributed by atoms with E-state index in [0.29, 0.717) is 13.0 Å². The first-order valence-electron chi connectivity index (χ1n) is 5.25. The second-order valence-corrected chi connectivity index (χ2v) is 3.68. The van der Waals surface area contributed by atoms with Gasteiger partial charge < -0.3 is 15.8 Å². The van der Waals surface area contributed by atoms with Gasteiger partial charge in [0.15, 0.2) is 0 Å². The number of hydrogen-bond donors (Lipinski definition) is 2. The molecular formula is C10H18N2O3S. The molecule has 92 valence electrons. The Hall–Kier alpha value is -1.17. The molecule has 16 heavy (non-hydrogen) atoms. The molecule has 0 rings (SSSR count). The maximum absolute atomic E-state index is 11.5. The number of carbonyl (C=O) groups excluding carboxylic acids is 2. The summed E-state index contributed by atoms with van der Waals surface area (Å²) >= 11 is 4.76. The Bertz CT molecular complexity index is 269. The highest BCUT2D eigenvalue weighted by atomic mass is 32.1. The lowest BCUT2D eigenvalue weighted by atomic mass is 10.1. The molecule has 0 fully saturated rings. The number of carbonyl (C=O) groups is 2.